The van der Waals surface area contributed by atoms with E-state index < -0.39 is 11.6 Å². The number of hydrogen-bond donors (Lipinski definition) is 2. The normalized spacial score (nSPS) is 19.6. The predicted octanol–water partition coefficient (Wildman–Crippen LogP) is 1.38. The summed E-state index contributed by atoms with van der Waals surface area (Å²) in [4.78, 5) is 11.7. The first kappa shape index (κ1) is 13.0. The first-order valence-corrected chi connectivity index (χ1v) is 6.10. The van der Waals surface area contributed by atoms with Crippen molar-refractivity contribution in [2.45, 2.75) is 25.3 Å². The molecular formula is C13H16F2N2O. The third kappa shape index (κ3) is 3.26. The van der Waals surface area contributed by atoms with E-state index in [0.717, 1.165) is 31.5 Å². The number of benzene rings is 1. The summed E-state index contributed by atoms with van der Waals surface area (Å²) in [6.45, 7) is 1.67. The van der Waals surface area contributed by atoms with Gasteiger partial charge >= 0.3 is 0 Å². The molecule has 1 saturated heterocycles. The van der Waals surface area contributed by atoms with Crippen LogP contribution in [-0.4, -0.2) is 25.0 Å². The van der Waals surface area contributed by atoms with Crippen molar-refractivity contribution in [3.8, 4) is 0 Å². The van der Waals surface area contributed by atoms with Crippen molar-refractivity contribution in [2.75, 3.05) is 13.1 Å². The van der Waals surface area contributed by atoms with Crippen LogP contribution in [0.4, 0.5) is 8.78 Å². The van der Waals surface area contributed by atoms with Crippen molar-refractivity contribution in [3.05, 3.63) is 35.4 Å². The molecule has 1 aromatic carbocycles. The molecule has 2 rings (SSSR count). The number of hydrogen-bond acceptors (Lipinski definition) is 2. The molecule has 1 aliphatic heterocycles. The van der Waals surface area contributed by atoms with E-state index >= 15 is 0 Å². The molecule has 0 aromatic heterocycles. The van der Waals surface area contributed by atoms with Crippen LogP contribution in [0.3, 0.4) is 0 Å². The SMILES string of the molecule is O=C(Cc1c(F)cccc1F)NC1CCCNC1. The topological polar surface area (TPSA) is 41.1 Å². The van der Waals surface area contributed by atoms with Crippen LogP contribution in [0.25, 0.3) is 0 Å². The number of halogens is 2. The Morgan fingerprint density at radius 1 is 1.39 bits per heavy atom. The standard InChI is InChI=1S/C13H16F2N2O/c14-11-4-1-5-12(15)10(11)7-13(18)17-9-3-2-6-16-8-9/h1,4-5,9,16H,2-3,6-8H2,(H,17,18). The lowest BCUT2D eigenvalue weighted by Crippen LogP contribution is -2.46. The molecule has 98 valence electrons. The fourth-order valence-corrected chi connectivity index (χ4v) is 2.12. The Morgan fingerprint density at radius 2 is 2.11 bits per heavy atom. The lowest BCUT2D eigenvalue weighted by Gasteiger charge is -2.23. The van der Waals surface area contributed by atoms with Crippen LogP contribution in [0.1, 0.15) is 18.4 Å². The van der Waals surface area contributed by atoms with Gasteiger partial charge in [0.2, 0.25) is 5.91 Å². The second-order valence-electron chi connectivity index (χ2n) is 4.49. The van der Waals surface area contributed by atoms with Crippen molar-refractivity contribution in [1.82, 2.24) is 10.6 Å². The molecule has 1 amide bonds. The molecule has 0 radical (unpaired) electrons. The second kappa shape index (κ2) is 5.91. The summed E-state index contributed by atoms with van der Waals surface area (Å²) in [7, 11) is 0. The Hall–Kier alpha value is -1.49. The van der Waals surface area contributed by atoms with Crippen LogP contribution in [0.15, 0.2) is 18.2 Å². The molecule has 0 saturated carbocycles. The van der Waals surface area contributed by atoms with Gasteiger partial charge in [0, 0.05) is 18.2 Å². The summed E-state index contributed by atoms with van der Waals surface area (Å²) in [5.41, 5.74) is -0.168. The minimum atomic E-state index is -0.674. The van der Waals surface area contributed by atoms with Crippen LogP contribution >= 0.6 is 0 Å². The van der Waals surface area contributed by atoms with Crippen molar-refractivity contribution >= 4 is 5.91 Å². The molecule has 18 heavy (non-hydrogen) atoms. The number of carbonyl (C=O) groups is 1. The smallest absolute Gasteiger partial charge is 0.224 e. The minimum Gasteiger partial charge on any atom is -0.352 e. The molecule has 5 heteroatoms. The highest BCUT2D eigenvalue weighted by molar-refractivity contribution is 5.79. The Bertz CT molecular complexity index is 411. The summed E-state index contributed by atoms with van der Waals surface area (Å²) in [5, 5.41) is 5.95. The molecule has 1 heterocycles. The van der Waals surface area contributed by atoms with E-state index in [1.807, 2.05) is 0 Å². The number of piperidine rings is 1. The summed E-state index contributed by atoms with van der Waals surface area (Å²) in [5.74, 6) is -1.69. The van der Waals surface area contributed by atoms with Crippen LogP contribution < -0.4 is 10.6 Å². The van der Waals surface area contributed by atoms with E-state index in [2.05, 4.69) is 10.6 Å². The largest absolute Gasteiger partial charge is 0.352 e. The van der Waals surface area contributed by atoms with E-state index in [0.29, 0.717) is 6.54 Å². The van der Waals surface area contributed by atoms with Crippen molar-refractivity contribution in [1.29, 1.82) is 0 Å². The van der Waals surface area contributed by atoms with E-state index in [1.165, 1.54) is 6.07 Å². The summed E-state index contributed by atoms with van der Waals surface area (Å²) in [6, 6.07) is 3.67. The van der Waals surface area contributed by atoms with Gasteiger partial charge < -0.3 is 10.6 Å². The van der Waals surface area contributed by atoms with E-state index in [1.54, 1.807) is 0 Å². The molecule has 0 aliphatic carbocycles. The highest BCUT2D eigenvalue weighted by Crippen LogP contribution is 2.13. The third-order valence-corrected chi connectivity index (χ3v) is 3.06. The molecule has 3 nitrogen and oxygen atoms in total. The van der Waals surface area contributed by atoms with Gasteiger partial charge in [-0.25, -0.2) is 8.78 Å². The maximum absolute atomic E-state index is 13.4. The van der Waals surface area contributed by atoms with Crippen molar-refractivity contribution in [2.24, 2.45) is 0 Å². The zero-order valence-electron chi connectivity index (χ0n) is 10.0. The maximum Gasteiger partial charge on any atom is 0.224 e. The third-order valence-electron chi connectivity index (χ3n) is 3.06. The van der Waals surface area contributed by atoms with Gasteiger partial charge in [0.1, 0.15) is 11.6 Å². The average Bonchev–Trinajstić information content (AvgIpc) is 2.35. The molecule has 1 aromatic rings. The molecule has 1 atom stereocenters. The van der Waals surface area contributed by atoms with Gasteiger partial charge in [-0.15, -0.1) is 0 Å². The van der Waals surface area contributed by atoms with Gasteiger partial charge in [0.15, 0.2) is 0 Å². The van der Waals surface area contributed by atoms with Crippen molar-refractivity contribution in [3.63, 3.8) is 0 Å². The van der Waals surface area contributed by atoms with Gasteiger partial charge in [-0.2, -0.15) is 0 Å². The molecule has 2 N–H and O–H groups in total. The van der Waals surface area contributed by atoms with Gasteiger partial charge in [0.25, 0.3) is 0 Å². The highest BCUT2D eigenvalue weighted by atomic mass is 19.1. The number of nitrogens with one attached hydrogen (secondary N) is 2. The van der Waals surface area contributed by atoms with Gasteiger partial charge in [-0.3, -0.25) is 4.79 Å². The van der Waals surface area contributed by atoms with Crippen molar-refractivity contribution < 1.29 is 13.6 Å². The molecule has 1 fully saturated rings. The lowest BCUT2D eigenvalue weighted by molar-refractivity contribution is -0.121. The van der Waals surface area contributed by atoms with Crippen LogP contribution in [0, 0.1) is 11.6 Å². The van der Waals surface area contributed by atoms with E-state index in [4.69, 9.17) is 0 Å². The maximum atomic E-state index is 13.4. The number of amides is 1. The van der Waals surface area contributed by atoms with E-state index in [-0.39, 0.29) is 23.9 Å². The zero-order chi connectivity index (χ0) is 13.0. The number of rotatable bonds is 3. The van der Waals surface area contributed by atoms with Gasteiger partial charge in [-0.1, -0.05) is 6.07 Å². The number of carbonyl (C=O) groups excluding carboxylic acids is 1. The second-order valence-corrected chi connectivity index (χ2v) is 4.49. The highest BCUT2D eigenvalue weighted by Gasteiger charge is 2.18. The Labute approximate surface area is 105 Å². The quantitative estimate of drug-likeness (QED) is 0.855. The Balaban J connectivity index is 1.94. The van der Waals surface area contributed by atoms with Crippen LogP contribution in [0.5, 0.6) is 0 Å². The molecule has 0 bridgehead atoms. The summed E-state index contributed by atoms with van der Waals surface area (Å²) in [6.07, 6.45) is 1.65. The Kier molecular flexibility index (Phi) is 4.25. The fraction of sp³-hybridized carbons (Fsp3) is 0.462. The summed E-state index contributed by atoms with van der Waals surface area (Å²) >= 11 is 0. The zero-order valence-corrected chi connectivity index (χ0v) is 10.0. The average molecular weight is 254 g/mol. The minimum absolute atomic E-state index is 0.0566. The first-order chi connectivity index (χ1) is 8.66. The molecule has 0 spiro atoms. The van der Waals surface area contributed by atoms with Crippen LogP contribution in [0.2, 0.25) is 0 Å². The van der Waals surface area contributed by atoms with Gasteiger partial charge in [-0.05, 0) is 31.5 Å². The predicted molar refractivity (Wildman–Crippen MR) is 64.1 cm³/mol. The molecule has 1 aliphatic rings. The molecular weight excluding hydrogens is 238 g/mol. The first-order valence-electron chi connectivity index (χ1n) is 6.10. The lowest BCUT2D eigenvalue weighted by atomic mass is 10.1. The Morgan fingerprint density at radius 3 is 2.72 bits per heavy atom. The monoisotopic (exact) mass is 254 g/mol. The van der Waals surface area contributed by atoms with Crippen LogP contribution in [-0.2, 0) is 11.2 Å². The van der Waals surface area contributed by atoms with E-state index in [9.17, 15) is 13.6 Å². The summed E-state index contributed by atoms with van der Waals surface area (Å²) < 4.78 is 26.7. The van der Waals surface area contributed by atoms with Gasteiger partial charge in [0.05, 0.1) is 6.42 Å². The molecule has 1 unspecified atom stereocenters. The fourth-order valence-electron chi connectivity index (χ4n) is 2.12.